The lowest BCUT2D eigenvalue weighted by molar-refractivity contribution is -0.175. The molecular weight excluding hydrogens is 468 g/mol. The third-order valence-corrected chi connectivity index (χ3v) is 8.04. The van der Waals surface area contributed by atoms with E-state index in [9.17, 15) is 13.2 Å². The number of alkyl halides is 3. The van der Waals surface area contributed by atoms with Crippen molar-refractivity contribution in [3.63, 3.8) is 0 Å². The lowest BCUT2D eigenvalue weighted by Crippen LogP contribution is -2.53. The number of nitrogens with zero attached hydrogens (tertiary/aromatic N) is 4. The van der Waals surface area contributed by atoms with Gasteiger partial charge >= 0.3 is 6.18 Å². The highest BCUT2D eigenvalue weighted by atomic mass is 19.4. The molecule has 2 aromatic heterocycles. The van der Waals surface area contributed by atoms with Gasteiger partial charge in [-0.05, 0) is 75.3 Å². The van der Waals surface area contributed by atoms with Gasteiger partial charge in [-0.3, -0.25) is 9.98 Å². The monoisotopic (exact) mass is 500 g/mol. The van der Waals surface area contributed by atoms with Crippen LogP contribution in [0, 0.1) is 5.82 Å². The number of rotatable bonds is 6. The first-order valence-corrected chi connectivity index (χ1v) is 12.6. The van der Waals surface area contributed by atoms with Gasteiger partial charge in [0.2, 0.25) is 0 Å². The van der Waals surface area contributed by atoms with Gasteiger partial charge in [-0.1, -0.05) is 12.8 Å². The molecule has 4 nitrogen and oxygen atoms in total. The predicted molar refractivity (Wildman–Crippen MR) is 137 cm³/mol. The summed E-state index contributed by atoms with van der Waals surface area (Å²) >= 11 is 0. The number of benzene rings is 1. The molecule has 36 heavy (non-hydrogen) atoms. The summed E-state index contributed by atoms with van der Waals surface area (Å²) in [4.78, 5) is 10.1. The van der Waals surface area contributed by atoms with Crippen LogP contribution < -0.4 is 4.90 Å². The molecule has 0 radical (unpaired) electrons. The first-order chi connectivity index (χ1) is 17.0. The number of aromatic nitrogens is 2. The summed E-state index contributed by atoms with van der Waals surface area (Å²) < 4.78 is 58.3. The van der Waals surface area contributed by atoms with E-state index in [1.54, 1.807) is 31.5 Å². The van der Waals surface area contributed by atoms with Crippen molar-refractivity contribution in [1.82, 2.24) is 9.55 Å². The number of fused-ring (bicyclic) bond motifs is 1. The van der Waals surface area contributed by atoms with E-state index in [0.717, 1.165) is 80.1 Å². The van der Waals surface area contributed by atoms with Gasteiger partial charge in [0, 0.05) is 42.8 Å². The highest BCUT2D eigenvalue weighted by molar-refractivity contribution is 6.06. The Morgan fingerprint density at radius 1 is 1.08 bits per heavy atom. The molecule has 2 aliphatic carbocycles. The molecule has 2 fully saturated rings. The van der Waals surface area contributed by atoms with E-state index in [2.05, 4.69) is 14.5 Å². The van der Waals surface area contributed by atoms with E-state index >= 15 is 4.39 Å². The van der Waals surface area contributed by atoms with Crippen LogP contribution in [-0.2, 0) is 0 Å². The van der Waals surface area contributed by atoms with Gasteiger partial charge < -0.3 is 9.47 Å². The van der Waals surface area contributed by atoms with E-state index < -0.39 is 11.7 Å². The summed E-state index contributed by atoms with van der Waals surface area (Å²) in [6.07, 6.45) is 5.15. The lowest BCUT2D eigenvalue weighted by Gasteiger charge is -2.38. The van der Waals surface area contributed by atoms with Crippen LogP contribution in [0.5, 0.6) is 0 Å². The zero-order valence-electron chi connectivity index (χ0n) is 21.2. The smallest absolute Gasteiger partial charge is 0.360 e. The fourth-order valence-corrected chi connectivity index (χ4v) is 5.38. The zero-order chi connectivity index (χ0) is 25.8. The Labute approximate surface area is 209 Å². The summed E-state index contributed by atoms with van der Waals surface area (Å²) in [5, 5.41) is 0.797. The van der Waals surface area contributed by atoms with Gasteiger partial charge in [0.25, 0.3) is 0 Å². The summed E-state index contributed by atoms with van der Waals surface area (Å²) in [5.74, 6) is 0.0863. The van der Waals surface area contributed by atoms with Crippen LogP contribution in [0.4, 0.5) is 23.2 Å². The van der Waals surface area contributed by atoms with Crippen molar-refractivity contribution in [1.29, 1.82) is 0 Å². The molecule has 2 heterocycles. The van der Waals surface area contributed by atoms with Gasteiger partial charge in [0.05, 0.1) is 23.3 Å². The van der Waals surface area contributed by atoms with Crippen LogP contribution >= 0.6 is 0 Å². The van der Waals surface area contributed by atoms with Crippen LogP contribution in [0.3, 0.4) is 0 Å². The normalized spacial score (nSPS) is 17.6. The van der Waals surface area contributed by atoms with Crippen molar-refractivity contribution in [2.75, 3.05) is 19.0 Å². The minimum atomic E-state index is -4.40. The van der Waals surface area contributed by atoms with Crippen molar-refractivity contribution in [3.8, 4) is 11.4 Å². The van der Waals surface area contributed by atoms with Gasteiger partial charge in [0.1, 0.15) is 11.4 Å². The molecule has 0 atom stereocenters. The molecule has 1 aromatic carbocycles. The standard InChI is InChI=1S/C28H32F4N4/c1-27(2,28(30,31)32)35(4)19-11-12-24(34-15-19)26-22(16-33-3)21-13-23(29)20(17-9-10-17)14-25(21)36(26)18-7-5-6-8-18/h11-18H,5-10H2,1-4H3. The Balaban J connectivity index is 1.68. The number of pyridine rings is 1. The minimum Gasteiger partial charge on any atom is -0.360 e. The Hall–Kier alpha value is -2.90. The quantitative estimate of drug-likeness (QED) is 0.257. The highest BCUT2D eigenvalue weighted by Gasteiger charge is 2.50. The maximum atomic E-state index is 15.1. The zero-order valence-corrected chi connectivity index (χ0v) is 21.2. The molecule has 5 rings (SSSR count). The van der Waals surface area contributed by atoms with Crippen molar-refractivity contribution >= 4 is 22.8 Å². The van der Waals surface area contributed by atoms with Gasteiger partial charge in [-0.25, -0.2) is 4.39 Å². The molecule has 0 amide bonds. The molecule has 0 bridgehead atoms. The Morgan fingerprint density at radius 2 is 1.78 bits per heavy atom. The summed E-state index contributed by atoms with van der Waals surface area (Å²) in [6, 6.07) is 7.33. The van der Waals surface area contributed by atoms with Crippen molar-refractivity contribution in [2.45, 2.75) is 76.0 Å². The van der Waals surface area contributed by atoms with Crippen LogP contribution in [0.25, 0.3) is 22.3 Å². The fraction of sp³-hybridized carbons (Fsp3) is 0.500. The third-order valence-electron chi connectivity index (χ3n) is 8.04. The van der Waals surface area contributed by atoms with Crippen LogP contribution in [0.15, 0.2) is 35.5 Å². The summed E-state index contributed by atoms with van der Waals surface area (Å²) in [6.45, 7) is 2.31. The van der Waals surface area contributed by atoms with E-state index in [-0.39, 0.29) is 17.8 Å². The molecule has 2 aliphatic rings. The van der Waals surface area contributed by atoms with Crippen molar-refractivity contribution in [3.05, 3.63) is 47.4 Å². The number of aliphatic imine (C=N–C) groups is 1. The van der Waals surface area contributed by atoms with E-state index in [1.807, 2.05) is 6.07 Å². The maximum absolute atomic E-state index is 15.1. The first-order valence-electron chi connectivity index (χ1n) is 12.6. The van der Waals surface area contributed by atoms with Gasteiger partial charge in [0.15, 0.2) is 0 Å². The number of halogens is 4. The molecule has 8 heteroatoms. The fourth-order valence-electron chi connectivity index (χ4n) is 5.38. The maximum Gasteiger partial charge on any atom is 0.411 e. The lowest BCUT2D eigenvalue weighted by atomic mass is 10.0. The third kappa shape index (κ3) is 4.08. The molecule has 192 valence electrons. The van der Waals surface area contributed by atoms with E-state index in [0.29, 0.717) is 11.4 Å². The first kappa shape index (κ1) is 24.8. The summed E-state index contributed by atoms with van der Waals surface area (Å²) in [7, 11) is 3.11. The summed E-state index contributed by atoms with van der Waals surface area (Å²) in [5.41, 5.74) is 2.36. The van der Waals surface area contributed by atoms with Gasteiger partial charge in [-0.15, -0.1) is 0 Å². The largest absolute Gasteiger partial charge is 0.411 e. The average molecular weight is 501 g/mol. The molecule has 0 N–H and O–H groups in total. The molecular formula is C28H32F4N4. The molecule has 0 aliphatic heterocycles. The highest BCUT2D eigenvalue weighted by Crippen LogP contribution is 2.46. The van der Waals surface area contributed by atoms with Crippen molar-refractivity contribution in [2.24, 2.45) is 4.99 Å². The molecule has 0 unspecified atom stereocenters. The minimum absolute atomic E-state index is 0.190. The van der Waals surface area contributed by atoms with Crippen LogP contribution in [0.2, 0.25) is 0 Å². The molecule has 2 saturated carbocycles. The Bertz CT molecular complexity index is 1290. The van der Waals surface area contributed by atoms with Crippen LogP contribution in [0.1, 0.15) is 75.5 Å². The number of anilines is 1. The Kier molecular flexibility index (Phi) is 6.12. The molecule has 3 aromatic rings. The van der Waals surface area contributed by atoms with E-state index in [1.165, 1.54) is 18.1 Å². The van der Waals surface area contributed by atoms with Gasteiger partial charge in [-0.2, -0.15) is 13.2 Å². The SMILES string of the molecule is CN=Cc1c(-c2ccc(N(C)C(C)(C)C(F)(F)F)cn2)n(C2CCCC2)c2cc(C3CC3)c(F)cc12. The van der Waals surface area contributed by atoms with Crippen molar-refractivity contribution < 1.29 is 17.6 Å². The molecule has 0 spiro atoms. The van der Waals surface area contributed by atoms with Crippen LogP contribution in [-0.4, -0.2) is 41.6 Å². The second kappa shape index (κ2) is 8.89. The Morgan fingerprint density at radius 3 is 2.33 bits per heavy atom. The second-order valence-corrected chi connectivity index (χ2v) is 10.6. The van der Waals surface area contributed by atoms with E-state index in [4.69, 9.17) is 0 Å². The topological polar surface area (TPSA) is 33.4 Å². The molecule has 0 saturated heterocycles. The number of hydrogen-bond acceptors (Lipinski definition) is 3. The number of hydrogen-bond donors (Lipinski definition) is 0. The second-order valence-electron chi connectivity index (χ2n) is 10.6. The predicted octanol–water partition coefficient (Wildman–Crippen LogP) is 7.66. The average Bonchev–Trinajstić information content (AvgIpc) is 3.44.